The maximum atomic E-state index is 10.1. The van der Waals surface area contributed by atoms with Gasteiger partial charge in [0.25, 0.3) is 0 Å². The van der Waals surface area contributed by atoms with Crippen molar-refractivity contribution in [2.45, 2.75) is 6.92 Å². The van der Waals surface area contributed by atoms with Crippen LogP contribution in [0.25, 0.3) is 16.7 Å². The lowest BCUT2D eigenvalue weighted by Crippen LogP contribution is -2.05. The van der Waals surface area contributed by atoms with Crippen LogP contribution in [0.1, 0.15) is 5.56 Å². The molecule has 1 heterocycles. The Labute approximate surface area is 109 Å². The molecule has 0 radical (unpaired) electrons. The number of phenolic OH excluding ortho intramolecular Hbond substituents is 1. The Morgan fingerprint density at radius 3 is 2.37 bits per heavy atom. The van der Waals surface area contributed by atoms with Crippen molar-refractivity contribution in [3.63, 3.8) is 0 Å². The summed E-state index contributed by atoms with van der Waals surface area (Å²) in [7, 11) is 0. The molecule has 0 saturated carbocycles. The van der Waals surface area contributed by atoms with Gasteiger partial charge < -0.3 is 9.94 Å². The van der Waals surface area contributed by atoms with Gasteiger partial charge in [0.05, 0.1) is 0 Å². The van der Waals surface area contributed by atoms with E-state index in [1.807, 2.05) is 31.2 Å². The third kappa shape index (κ3) is 1.88. The highest BCUT2D eigenvalue weighted by atomic mass is 16.6. The van der Waals surface area contributed by atoms with Crippen LogP contribution in [-0.2, 0) is 0 Å². The number of phenols is 1. The second kappa shape index (κ2) is 4.25. The Morgan fingerprint density at radius 2 is 1.79 bits per heavy atom. The molecule has 3 rings (SSSR count). The lowest BCUT2D eigenvalue weighted by molar-refractivity contribution is 0.311. The normalized spacial score (nSPS) is 10.8. The van der Waals surface area contributed by atoms with Crippen molar-refractivity contribution in [3.8, 4) is 17.2 Å². The van der Waals surface area contributed by atoms with Crippen molar-refractivity contribution in [3.05, 3.63) is 42.0 Å². The predicted molar refractivity (Wildman–Crippen MR) is 70.1 cm³/mol. The molecule has 0 saturated heterocycles. The Balaban J connectivity index is 2.23. The van der Waals surface area contributed by atoms with E-state index in [-0.39, 0.29) is 11.5 Å². The van der Waals surface area contributed by atoms with E-state index >= 15 is 0 Å². The monoisotopic (exact) mass is 256 g/mol. The van der Waals surface area contributed by atoms with Crippen LogP contribution in [0.3, 0.4) is 0 Å². The molecule has 0 bridgehead atoms. The first-order chi connectivity index (χ1) is 9.19. The zero-order valence-electron chi connectivity index (χ0n) is 10.2. The van der Waals surface area contributed by atoms with Crippen molar-refractivity contribution in [2.24, 2.45) is 5.90 Å². The fourth-order valence-electron chi connectivity index (χ4n) is 1.94. The number of benzene rings is 2. The highest BCUT2D eigenvalue weighted by Crippen LogP contribution is 2.33. The van der Waals surface area contributed by atoms with Gasteiger partial charge in [-0.3, -0.25) is 0 Å². The molecule has 1 aromatic heterocycles. The predicted octanol–water partition coefficient (Wildman–Crippen LogP) is 1.69. The molecule has 19 heavy (non-hydrogen) atoms. The number of hydrogen-bond donors (Lipinski definition) is 2. The smallest absolute Gasteiger partial charge is 0.191 e. The van der Waals surface area contributed by atoms with Gasteiger partial charge in [0, 0.05) is 0 Å². The summed E-state index contributed by atoms with van der Waals surface area (Å²) in [6, 6.07) is 10.9. The van der Waals surface area contributed by atoms with Gasteiger partial charge in [-0.2, -0.15) is 5.90 Å². The van der Waals surface area contributed by atoms with Crippen molar-refractivity contribution >= 4 is 11.0 Å². The highest BCUT2D eigenvalue weighted by molar-refractivity contribution is 5.73. The minimum Gasteiger partial charge on any atom is -0.503 e. The third-order valence-electron chi connectivity index (χ3n) is 2.83. The summed E-state index contributed by atoms with van der Waals surface area (Å²) in [6.07, 6.45) is 0. The van der Waals surface area contributed by atoms with Crippen LogP contribution >= 0.6 is 0 Å². The number of hydrogen-bond acceptors (Lipinski definition) is 5. The average molecular weight is 256 g/mol. The molecule has 96 valence electrons. The maximum absolute atomic E-state index is 10.1. The molecule has 0 aliphatic heterocycles. The van der Waals surface area contributed by atoms with Crippen molar-refractivity contribution in [2.75, 3.05) is 0 Å². The summed E-state index contributed by atoms with van der Waals surface area (Å²) >= 11 is 0. The summed E-state index contributed by atoms with van der Waals surface area (Å²) in [5, 5.41) is 18.7. The van der Waals surface area contributed by atoms with E-state index in [9.17, 15) is 5.11 Å². The number of aromatic nitrogens is 3. The van der Waals surface area contributed by atoms with Gasteiger partial charge in [0.2, 0.25) is 0 Å². The van der Waals surface area contributed by atoms with Gasteiger partial charge in [-0.15, -0.1) is 15.0 Å². The maximum Gasteiger partial charge on any atom is 0.191 e. The second-order valence-corrected chi connectivity index (χ2v) is 4.23. The topological polar surface area (TPSA) is 86.2 Å². The van der Waals surface area contributed by atoms with E-state index in [0.29, 0.717) is 5.69 Å². The molecule has 0 amide bonds. The van der Waals surface area contributed by atoms with Crippen molar-refractivity contribution in [1.82, 2.24) is 15.0 Å². The molecule has 6 heteroatoms. The molecule has 0 aliphatic rings. The van der Waals surface area contributed by atoms with E-state index in [1.165, 1.54) is 4.80 Å². The van der Waals surface area contributed by atoms with Gasteiger partial charge >= 0.3 is 0 Å². The summed E-state index contributed by atoms with van der Waals surface area (Å²) in [4.78, 5) is 6.01. The molecule has 0 unspecified atom stereocenters. The Morgan fingerprint density at radius 1 is 1.16 bits per heavy atom. The van der Waals surface area contributed by atoms with Crippen LogP contribution in [0, 0.1) is 6.92 Å². The number of aromatic hydroxyl groups is 1. The fourth-order valence-corrected chi connectivity index (χ4v) is 1.94. The van der Waals surface area contributed by atoms with E-state index in [2.05, 4.69) is 15.0 Å². The number of rotatable bonds is 2. The summed E-state index contributed by atoms with van der Waals surface area (Å²) in [5.41, 5.74) is 2.81. The molecular formula is C13H12N4O2. The number of nitrogens with zero attached hydrogens (tertiary/aromatic N) is 3. The van der Waals surface area contributed by atoms with Crippen LogP contribution in [0.2, 0.25) is 0 Å². The van der Waals surface area contributed by atoms with Gasteiger partial charge in [-0.05, 0) is 36.8 Å². The standard InChI is InChI=1S/C13H12N4O2/c1-8-6-11(13(18)12(7-8)19-14)17-15-9-4-2-3-5-10(9)16-17/h2-7,18H,14H2,1H3. The second-order valence-electron chi connectivity index (χ2n) is 4.23. The highest BCUT2D eigenvalue weighted by Gasteiger charge is 2.14. The van der Waals surface area contributed by atoms with Crippen molar-refractivity contribution < 1.29 is 9.94 Å². The summed E-state index contributed by atoms with van der Waals surface area (Å²) in [6.45, 7) is 1.87. The van der Waals surface area contributed by atoms with Crippen LogP contribution < -0.4 is 10.7 Å². The molecule has 2 aromatic carbocycles. The number of fused-ring (bicyclic) bond motifs is 1. The zero-order chi connectivity index (χ0) is 13.4. The Kier molecular flexibility index (Phi) is 2.57. The minimum atomic E-state index is -0.0894. The van der Waals surface area contributed by atoms with Gasteiger partial charge in [0.1, 0.15) is 16.7 Å². The lowest BCUT2D eigenvalue weighted by Gasteiger charge is -2.08. The lowest BCUT2D eigenvalue weighted by atomic mass is 10.2. The summed E-state index contributed by atoms with van der Waals surface area (Å²) < 4.78 is 0. The molecule has 0 fully saturated rings. The van der Waals surface area contributed by atoms with E-state index < -0.39 is 0 Å². The van der Waals surface area contributed by atoms with Crippen LogP contribution in [0.15, 0.2) is 36.4 Å². The minimum absolute atomic E-state index is 0.0894. The first-order valence-corrected chi connectivity index (χ1v) is 5.72. The first-order valence-electron chi connectivity index (χ1n) is 5.72. The average Bonchev–Trinajstić information content (AvgIpc) is 2.84. The Bertz CT molecular complexity index is 718. The SMILES string of the molecule is Cc1cc(ON)c(O)c(-n2nc3ccccc3n2)c1. The molecular weight excluding hydrogens is 244 g/mol. The molecule has 0 aliphatic carbocycles. The van der Waals surface area contributed by atoms with E-state index in [4.69, 9.17) is 5.90 Å². The quantitative estimate of drug-likeness (QED) is 0.681. The van der Waals surface area contributed by atoms with Gasteiger partial charge in [-0.25, -0.2) is 0 Å². The van der Waals surface area contributed by atoms with Crippen LogP contribution in [0.4, 0.5) is 0 Å². The zero-order valence-corrected chi connectivity index (χ0v) is 10.2. The van der Waals surface area contributed by atoms with E-state index in [0.717, 1.165) is 16.6 Å². The van der Waals surface area contributed by atoms with Gasteiger partial charge in [0.15, 0.2) is 11.5 Å². The molecule has 0 spiro atoms. The third-order valence-corrected chi connectivity index (χ3v) is 2.83. The number of aryl methyl sites for hydroxylation is 1. The molecule has 0 atom stereocenters. The van der Waals surface area contributed by atoms with Crippen LogP contribution in [-0.4, -0.2) is 20.1 Å². The first kappa shape index (κ1) is 11.5. The summed E-state index contributed by atoms with van der Waals surface area (Å²) in [5.74, 6) is 5.23. The fraction of sp³-hybridized carbons (Fsp3) is 0.0769. The van der Waals surface area contributed by atoms with E-state index in [1.54, 1.807) is 12.1 Å². The van der Waals surface area contributed by atoms with Gasteiger partial charge in [-0.1, -0.05) is 12.1 Å². The largest absolute Gasteiger partial charge is 0.503 e. The number of nitrogens with two attached hydrogens (primary N) is 1. The van der Waals surface area contributed by atoms with Crippen LogP contribution in [0.5, 0.6) is 11.5 Å². The van der Waals surface area contributed by atoms with Crippen molar-refractivity contribution in [1.29, 1.82) is 0 Å². The molecule has 3 aromatic rings. The molecule has 6 nitrogen and oxygen atoms in total. The Hall–Kier alpha value is -2.60. The molecule has 3 N–H and O–H groups in total.